The third-order valence-electron chi connectivity index (χ3n) is 5.43. The van der Waals surface area contributed by atoms with Gasteiger partial charge in [0, 0.05) is 48.7 Å². The van der Waals surface area contributed by atoms with Crippen molar-refractivity contribution in [1.82, 2.24) is 19.7 Å². The van der Waals surface area contributed by atoms with E-state index >= 15 is 0 Å². The molecule has 1 amide bonds. The molecule has 0 atom stereocenters. The second-order valence-electron chi connectivity index (χ2n) is 7.68. The summed E-state index contributed by atoms with van der Waals surface area (Å²) in [4.78, 5) is 19.7. The van der Waals surface area contributed by atoms with Crippen molar-refractivity contribution in [3.63, 3.8) is 0 Å². The van der Waals surface area contributed by atoms with Crippen LogP contribution in [-0.2, 0) is 6.54 Å². The first-order valence-corrected chi connectivity index (χ1v) is 11.4. The first kappa shape index (κ1) is 20.6. The summed E-state index contributed by atoms with van der Waals surface area (Å²) >= 11 is 2.01. The van der Waals surface area contributed by atoms with E-state index in [4.69, 9.17) is 0 Å². The molecule has 6 nitrogen and oxygen atoms in total. The largest absolute Gasteiger partial charge is 0.322 e. The van der Waals surface area contributed by atoms with Gasteiger partial charge in [-0.1, -0.05) is 12.1 Å². The molecule has 0 bridgehead atoms. The lowest BCUT2D eigenvalue weighted by atomic mass is 10.1. The molecule has 3 aromatic rings. The smallest absolute Gasteiger partial charge is 0.257 e. The Morgan fingerprint density at radius 2 is 1.93 bits per heavy atom. The van der Waals surface area contributed by atoms with E-state index in [9.17, 15) is 4.79 Å². The van der Waals surface area contributed by atoms with Crippen molar-refractivity contribution in [3.05, 3.63) is 70.7 Å². The second kappa shape index (κ2) is 9.02. The summed E-state index contributed by atoms with van der Waals surface area (Å²) in [6.45, 7) is 9.18. The molecule has 7 heteroatoms. The highest BCUT2D eigenvalue weighted by Crippen LogP contribution is 2.22. The van der Waals surface area contributed by atoms with Crippen LogP contribution in [0, 0.1) is 20.8 Å². The lowest BCUT2D eigenvalue weighted by molar-refractivity contribution is 0.102. The molecular weight excluding hydrogens is 394 g/mol. The quantitative estimate of drug-likeness (QED) is 0.675. The summed E-state index contributed by atoms with van der Waals surface area (Å²) in [7, 11) is 0. The second-order valence-corrected chi connectivity index (χ2v) is 8.90. The number of carbonyl (C=O) groups excluding carboxylic acids is 1. The number of rotatable bonds is 5. The molecule has 4 rings (SSSR count). The van der Waals surface area contributed by atoms with Crippen LogP contribution in [0.1, 0.15) is 32.9 Å². The Balaban J connectivity index is 1.47. The first-order valence-electron chi connectivity index (χ1n) is 10.2. The summed E-state index contributed by atoms with van der Waals surface area (Å²) in [6.07, 6.45) is 1.60. The number of thioether (sulfide) groups is 1. The SMILES string of the molecule is Cc1cc(C)n(-c2ccc(C(=O)Nc3cccc(CN4CCSCC4)c3C)cn2)n1. The summed E-state index contributed by atoms with van der Waals surface area (Å²) in [5, 5.41) is 7.50. The highest BCUT2D eigenvalue weighted by Gasteiger charge is 2.15. The van der Waals surface area contributed by atoms with Gasteiger partial charge in [0.1, 0.15) is 0 Å². The van der Waals surface area contributed by atoms with Gasteiger partial charge < -0.3 is 5.32 Å². The lowest BCUT2D eigenvalue weighted by Gasteiger charge is -2.27. The van der Waals surface area contributed by atoms with Gasteiger partial charge in [0.15, 0.2) is 5.82 Å². The standard InChI is InChI=1S/C23H27N5OS/c1-16-13-17(2)28(26-16)22-8-7-19(14-24-22)23(29)25-21-6-4-5-20(18(21)3)15-27-9-11-30-12-10-27/h4-8,13-14H,9-12,15H2,1-3H3,(H,25,29). The van der Waals surface area contributed by atoms with E-state index in [0.717, 1.165) is 42.3 Å². The fourth-order valence-electron chi connectivity index (χ4n) is 3.69. The molecule has 2 aromatic heterocycles. The van der Waals surface area contributed by atoms with Crippen LogP contribution < -0.4 is 5.32 Å². The lowest BCUT2D eigenvalue weighted by Crippen LogP contribution is -2.32. The number of benzene rings is 1. The van der Waals surface area contributed by atoms with Gasteiger partial charge >= 0.3 is 0 Å². The van der Waals surface area contributed by atoms with Gasteiger partial charge in [0.2, 0.25) is 0 Å². The Morgan fingerprint density at radius 3 is 2.60 bits per heavy atom. The first-order chi connectivity index (χ1) is 14.5. The van der Waals surface area contributed by atoms with Crippen molar-refractivity contribution >= 4 is 23.4 Å². The number of hydrogen-bond donors (Lipinski definition) is 1. The molecule has 1 saturated heterocycles. The molecule has 3 heterocycles. The molecule has 1 aliphatic rings. The zero-order valence-electron chi connectivity index (χ0n) is 17.7. The molecule has 1 aromatic carbocycles. The minimum Gasteiger partial charge on any atom is -0.322 e. The molecule has 0 radical (unpaired) electrons. The van der Waals surface area contributed by atoms with E-state index in [0.29, 0.717) is 11.4 Å². The number of carbonyl (C=O) groups is 1. The number of aryl methyl sites for hydroxylation is 2. The normalized spacial score (nSPS) is 14.6. The van der Waals surface area contributed by atoms with Gasteiger partial charge in [-0.05, 0) is 56.2 Å². The minimum absolute atomic E-state index is 0.156. The van der Waals surface area contributed by atoms with Gasteiger partial charge in [-0.2, -0.15) is 16.9 Å². The van der Waals surface area contributed by atoms with Gasteiger partial charge in [-0.3, -0.25) is 9.69 Å². The molecule has 0 unspecified atom stereocenters. The Labute approximate surface area is 181 Å². The van der Waals surface area contributed by atoms with Gasteiger partial charge in [0.25, 0.3) is 5.91 Å². The van der Waals surface area contributed by atoms with Crippen LogP contribution in [0.5, 0.6) is 0 Å². The Hall–Kier alpha value is -2.64. The van der Waals surface area contributed by atoms with Crippen molar-refractivity contribution < 1.29 is 4.79 Å². The van der Waals surface area contributed by atoms with Crippen molar-refractivity contribution in [2.75, 3.05) is 29.9 Å². The summed E-state index contributed by atoms with van der Waals surface area (Å²) in [6, 6.07) is 11.7. The fourth-order valence-corrected chi connectivity index (χ4v) is 4.67. The Morgan fingerprint density at radius 1 is 1.13 bits per heavy atom. The maximum Gasteiger partial charge on any atom is 0.257 e. The van der Waals surface area contributed by atoms with E-state index < -0.39 is 0 Å². The minimum atomic E-state index is -0.156. The molecule has 1 fully saturated rings. The molecular formula is C23H27N5OS. The molecule has 0 spiro atoms. The third-order valence-corrected chi connectivity index (χ3v) is 6.37. The van der Waals surface area contributed by atoms with Crippen LogP contribution in [-0.4, -0.2) is 50.2 Å². The Bertz CT molecular complexity index is 1040. The molecule has 1 N–H and O–H groups in total. The zero-order chi connectivity index (χ0) is 21.1. The highest BCUT2D eigenvalue weighted by molar-refractivity contribution is 7.99. The van der Waals surface area contributed by atoms with Gasteiger partial charge in [-0.15, -0.1) is 0 Å². The van der Waals surface area contributed by atoms with E-state index in [-0.39, 0.29) is 5.91 Å². The monoisotopic (exact) mass is 421 g/mol. The van der Waals surface area contributed by atoms with Gasteiger partial charge in [0.05, 0.1) is 11.3 Å². The average Bonchev–Trinajstić information content (AvgIpc) is 3.10. The van der Waals surface area contributed by atoms with E-state index in [1.807, 2.05) is 49.9 Å². The molecule has 30 heavy (non-hydrogen) atoms. The van der Waals surface area contributed by atoms with Crippen LogP contribution in [0.25, 0.3) is 5.82 Å². The molecule has 1 aliphatic heterocycles. The number of nitrogens with zero attached hydrogens (tertiary/aromatic N) is 4. The van der Waals surface area contributed by atoms with Gasteiger partial charge in [-0.25, -0.2) is 9.67 Å². The summed E-state index contributed by atoms with van der Waals surface area (Å²) < 4.78 is 1.78. The number of anilines is 1. The predicted molar refractivity (Wildman–Crippen MR) is 123 cm³/mol. The van der Waals surface area contributed by atoms with Crippen molar-refractivity contribution in [3.8, 4) is 5.82 Å². The molecule has 156 valence electrons. The topological polar surface area (TPSA) is 63.1 Å². The van der Waals surface area contributed by atoms with Crippen LogP contribution >= 0.6 is 11.8 Å². The van der Waals surface area contributed by atoms with E-state index in [2.05, 4.69) is 33.3 Å². The summed E-state index contributed by atoms with van der Waals surface area (Å²) in [5.74, 6) is 2.93. The Kier molecular flexibility index (Phi) is 6.20. The average molecular weight is 422 g/mol. The van der Waals surface area contributed by atoms with Crippen LogP contribution in [0.3, 0.4) is 0 Å². The zero-order valence-corrected chi connectivity index (χ0v) is 18.5. The number of pyridine rings is 1. The van der Waals surface area contributed by atoms with E-state index in [1.165, 1.54) is 17.1 Å². The molecule has 0 aliphatic carbocycles. The van der Waals surface area contributed by atoms with Crippen molar-refractivity contribution in [1.29, 1.82) is 0 Å². The predicted octanol–water partition coefficient (Wildman–Crippen LogP) is 3.99. The van der Waals surface area contributed by atoms with Crippen molar-refractivity contribution in [2.24, 2.45) is 0 Å². The number of nitrogens with one attached hydrogen (secondary N) is 1. The van der Waals surface area contributed by atoms with Crippen LogP contribution in [0.4, 0.5) is 5.69 Å². The third kappa shape index (κ3) is 4.57. The number of hydrogen-bond acceptors (Lipinski definition) is 5. The van der Waals surface area contributed by atoms with Crippen LogP contribution in [0.15, 0.2) is 42.6 Å². The summed E-state index contributed by atoms with van der Waals surface area (Å²) in [5.41, 5.74) is 5.71. The van der Waals surface area contributed by atoms with Crippen molar-refractivity contribution in [2.45, 2.75) is 27.3 Å². The highest BCUT2D eigenvalue weighted by atomic mass is 32.2. The maximum absolute atomic E-state index is 12.8. The number of amides is 1. The van der Waals surface area contributed by atoms with E-state index in [1.54, 1.807) is 16.9 Å². The maximum atomic E-state index is 12.8. The molecule has 0 saturated carbocycles. The van der Waals surface area contributed by atoms with Crippen LogP contribution in [0.2, 0.25) is 0 Å². The number of aromatic nitrogens is 3. The fraction of sp³-hybridized carbons (Fsp3) is 0.348.